The maximum absolute atomic E-state index is 13.0. The Balaban J connectivity index is 1.49. The van der Waals surface area contributed by atoms with E-state index in [1.807, 2.05) is 31.2 Å². The van der Waals surface area contributed by atoms with Gasteiger partial charge in [-0.3, -0.25) is 0 Å². The Morgan fingerprint density at radius 2 is 1.85 bits per heavy atom. The maximum atomic E-state index is 13.0. The highest BCUT2D eigenvalue weighted by Gasteiger charge is 2.30. The fraction of sp³-hybridized carbons (Fsp3) is 0.400. The average molecular weight is 388 g/mol. The first-order valence-corrected chi connectivity index (χ1v) is 10.8. The molecule has 2 aliphatic heterocycles. The average Bonchev–Trinajstić information content (AvgIpc) is 3.17. The van der Waals surface area contributed by atoms with Crippen molar-refractivity contribution in [2.75, 3.05) is 44.3 Å². The standard InChI is InChI=1S/C20H24N2O4S/c1-2-25-20-6-4-3-5-18(20)21-10-12-22(13-11-21)27(23,24)17-7-8-19-16(15-17)9-14-26-19/h3-8,15H,2,9-14H2,1H3. The van der Waals surface area contributed by atoms with Crippen LogP contribution in [0.25, 0.3) is 0 Å². The van der Waals surface area contributed by atoms with Gasteiger partial charge in [-0.2, -0.15) is 4.31 Å². The third-order valence-corrected chi connectivity index (χ3v) is 6.94. The van der Waals surface area contributed by atoms with Crippen LogP contribution in [0.5, 0.6) is 11.5 Å². The molecule has 0 spiro atoms. The Labute approximate surface area is 160 Å². The Morgan fingerprint density at radius 3 is 2.63 bits per heavy atom. The van der Waals surface area contributed by atoms with Crippen molar-refractivity contribution >= 4 is 15.7 Å². The van der Waals surface area contributed by atoms with Crippen LogP contribution in [-0.2, 0) is 16.4 Å². The van der Waals surface area contributed by atoms with Crippen LogP contribution in [-0.4, -0.2) is 52.1 Å². The van der Waals surface area contributed by atoms with Gasteiger partial charge < -0.3 is 14.4 Å². The normalized spacial score (nSPS) is 17.4. The number of hydrogen-bond donors (Lipinski definition) is 0. The van der Waals surface area contributed by atoms with Gasteiger partial charge in [-0.05, 0) is 42.8 Å². The molecule has 144 valence electrons. The first-order valence-electron chi connectivity index (χ1n) is 9.32. The fourth-order valence-electron chi connectivity index (χ4n) is 3.64. The van der Waals surface area contributed by atoms with Crippen LogP contribution in [0.2, 0.25) is 0 Å². The van der Waals surface area contributed by atoms with E-state index in [-0.39, 0.29) is 0 Å². The molecule has 0 N–H and O–H groups in total. The quantitative estimate of drug-likeness (QED) is 0.788. The summed E-state index contributed by atoms with van der Waals surface area (Å²) in [5.41, 5.74) is 1.99. The molecule has 0 bridgehead atoms. The van der Waals surface area contributed by atoms with Crippen LogP contribution in [0, 0.1) is 0 Å². The number of fused-ring (bicyclic) bond motifs is 1. The van der Waals surface area contributed by atoms with Crippen molar-refractivity contribution in [3.05, 3.63) is 48.0 Å². The van der Waals surface area contributed by atoms with Gasteiger partial charge in [-0.25, -0.2) is 8.42 Å². The third kappa shape index (κ3) is 3.49. The third-order valence-electron chi connectivity index (χ3n) is 5.04. The first-order chi connectivity index (χ1) is 13.1. The molecular weight excluding hydrogens is 364 g/mol. The van der Waals surface area contributed by atoms with Crippen molar-refractivity contribution in [1.29, 1.82) is 0 Å². The number of sulfonamides is 1. The molecule has 0 aliphatic carbocycles. The van der Waals surface area contributed by atoms with E-state index in [0.29, 0.717) is 44.3 Å². The van der Waals surface area contributed by atoms with Crippen LogP contribution in [0.1, 0.15) is 12.5 Å². The number of rotatable bonds is 5. The van der Waals surface area contributed by atoms with E-state index in [4.69, 9.17) is 9.47 Å². The number of nitrogens with zero attached hydrogens (tertiary/aromatic N) is 2. The second-order valence-corrected chi connectivity index (χ2v) is 8.60. The second kappa shape index (κ2) is 7.40. The van der Waals surface area contributed by atoms with E-state index < -0.39 is 10.0 Å². The number of ether oxygens (including phenoxy) is 2. The largest absolute Gasteiger partial charge is 0.493 e. The first kappa shape index (κ1) is 18.1. The van der Waals surface area contributed by atoms with Gasteiger partial charge in [-0.1, -0.05) is 12.1 Å². The molecule has 2 aliphatic rings. The lowest BCUT2D eigenvalue weighted by molar-refractivity contribution is 0.337. The van der Waals surface area contributed by atoms with Crippen LogP contribution in [0.15, 0.2) is 47.4 Å². The minimum absolute atomic E-state index is 0.356. The molecule has 27 heavy (non-hydrogen) atoms. The molecule has 0 aromatic heterocycles. The zero-order chi connectivity index (χ0) is 18.9. The minimum atomic E-state index is -3.49. The number of anilines is 1. The monoisotopic (exact) mass is 388 g/mol. The van der Waals surface area contributed by atoms with Gasteiger partial charge in [0.1, 0.15) is 11.5 Å². The Bertz CT molecular complexity index is 921. The highest BCUT2D eigenvalue weighted by Crippen LogP contribution is 2.31. The lowest BCUT2D eigenvalue weighted by atomic mass is 10.2. The molecule has 0 radical (unpaired) electrons. The van der Waals surface area contributed by atoms with E-state index >= 15 is 0 Å². The lowest BCUT2D eigenvalue weighted by Crippen LogP contribution is -2.48. The molecule has 7 heteroatoms. The topological polar surface area (TPSA) is 59.1 Å². The van der Waals surface area contributed by atoms with E-state index in [1.165, 1.54) is 0 Å². The highest BCUT2D eigenvalue weighted by atomic mass is 32.2. The Kier molecular flexibility index (Phi) is 4.97. The van der Waals surface area contributed by atoms with Crippen molar-refractivity contribution < 1.29 is 17.9 Å². The summed E-state index contributed by atoms with van der Waals surface area (Å²) >= 11 is 0. The van der Waals surface area contributed by atoms with E-state index in [2.05, 4.69) is 4.90 Å². The Morgan fingerprint density at radius 1 is 1.07 bits per heavy atom. The molecule has 6 nitrogen and oxygen atoms in total. The zero-order valence-electron chi connectivity index (χ0n) is 15.4. The summed E-state index contributed by atoms with van der Waals surface area (Å²) < 4.78 is 38.8. The SMILES string of the molecule is CCOc1ccccc1N1CCN(S(=O)(=O)c2ccc3c(c2)CCO3)CC1. The molecule has 0 amide bonds. The molecule has 0 atom stereocenters. The number of benzene rings is 2. The molecule has 0 unspecified atom stereocenters. The molecule has 4 rings (SSSR count). The van der Waals surface area contributed by atoms with E-state index in [9.17, 15) is 8.42 Å². The molecular formula is C20H24N2O4S. The zero-order valence-corrected chi connectivity index (χ0v) is 16.2. The van der Waals surface area contributed by atoms with Crippen molar-refractivity contribution in [2.45, 2.75) is 18.2 Å². The van der Waals surface area contributed by atoms with Crippen molar-refractivity contribution in [3.8, 4) is 11.5 Å². The van der Waals surface area contributed by atoms with Gasteiger partial charge in [0, 0.05) is 32.6 Å². The van der Waals surface area contributed by atoms with E-state index in [1.54, 1.807) is 22.5 Å². The molecule has 1 fully saturated rings. The van der Waals surface area contributed by atoms with Crippen LogP contribution >= 0.6 is 0 Å². The number of para-hydroxylation sites is 2. The summed E-state index contributed by atoms with van der Waals surface area (Å²) in [4.78, 5) is 2.54. The van der Waals surface area contributed by atoms with Crippen LogP contribution in [0.4, 0.5) is 5.69 Å². The van der Waals surface area contributed by atoms with Gasteiger partial charge in [-0.15, -0.1) is 0 Å². The number of piperazine rings is 1. The summed E-state index contributed by atoms with van der Waals surface area (Å²) in [5, 5.41) is 0. The molecule has 2 aromatic rings. The molecule has 2 heterocycles. The summed E-state index contributed by atoms with van der Waals surface area (Å²) in [6, 6.07) is 13.1. The summed E-state index contributed by atoms with van der Waals surface area (Å²) in [6.07, 6.45) is 0.765. The molecule has 0 saturated carbocycles. The summed E-state index contributed by atoms with van der Waals surface area (Å²) in [5.74, 6) is 1.64. The van der Waals surface area contributed by atoms with E-state index in [0.717, 1.165) is 29.2 Å². The predicted molar refractivity (Wildman–Crippen MR) is 104 cm³/mol. The second-order valence-electron chi connectivity index (χ2n) is 6.66. The van der Waals surface area contributed by atoms with Gasteiger partial charge in [0.25, 0.3) is 0 Å². The van der Waals surface area contributed by atoms with Crippen molar-refractivity contribution in [1.82, 2.24) is 4.31 Å². The molecule has 1 saturated heterocycles. The van der Waals surface area contributed by atoms with Crippen molar-refractivity contribution in [2.24, 2.45) is 0 Å². The fourth-order valence-corrected chi connectivity index (χ4v) is 5.11. The van der Waals surface area contributed by atoms with Crippen LogP contribution < -0.4 is 14.4 Å². The maximum Gasteiger partial charge on any atom is 0.243 e. The minimum Gasteiger partial charge on any atom is -0.493 e. The lowest BCUT2D eigenvalue weighted by Gasteiger charge is -2.36. The highest BCUT2D eigenvalue weighted by molar-refractivity contribution is 7.89. The van der Waals surface area contributed by atoms with Crippen molar-refractivity contribution in [3.63, 3.8) is 0 Å². The van der Waals surface area contributed by atoms with Gasteiger partial charge in [0.15, 0.2) is 0 Å². The number of hydrogen-bond acceptors (Lipinski definition) is 5. The van der Waals surface area contributed by atoms with Gasteiger partial charge in [0.05, 0.1) is 23.8 Å². The van der Waals surface area contributed by atoms with Gasteiger partial charge >= 0.3 is 0 Å². The summed E-state index contributed by atoms with van der Waals surface area (Å²) in [6.45, 7) is 5.37. The van der Waals surface area contributed by atoms with Gasteiger partial charge in [0.2, 0.25) is 10.0 Å². The summed E-state index contributed by atoms with van der Waals surface area (Å²) in [7, 11) is -3.49. The predicted octanol–water partition coefficient (Wildman–Crippen LogP) is 2.53. The smallest absolute Gasteiger partial charge is 0.243 e. The van der Waals surface area contributed by atoms with Crippen LogP contribution in [0.3, 0.4) is 0 Å². The Hall–Kier alpha value is -2.25. The molecule has 2 aromatic carbocycles.